The Morgan fingerprint density at radius 2 is 0.780 bits per heavy atom. The van der Waals surface area contributed by atoms with E-state index in [9.17, 15) is 0 Å². The molecule has 0 aliphatic heterocycles. The molecule has 11 aromatic rings. The Bertz CT molecular complexity index is 3530. The molecule has 0 atom stereocenters. The van der Waals surface area contributed by atoms with Crippen LogP contribution in [0.15, 0.2) is 205 Å². The van der Waals surface area contributed by atoms with Gasteiger partial charge in [0.15, 0.2) is 0 Å². The Morgan fingerprint density at radius 1 is 0.339 bits per heavy atom. The van der Waals surface area contributed by atoms with Crippen molar-refractivity contribution in [2.45, 2.75) is 19.3 Å². The van der Waals surface area contributed by atoms with Crippen LogP contribution in [-0.2, 0) is 5.41 Å². The number of nitrogens with zero attached hydrogens (tertiary/aromatic N) is 1. The van der Waals surface area contributed by atoms with Gasteiger partial charge in [0, 0.05) is 22.2 Å². The van der Waals surface area contributed by atoms with Crippen molar-refractivity contribution in [3.63, 3.8) is 0 Å². The third kappa shape index (κ3) is 5.00. The van der Waals surface area contributed by atoms with Gasteiger partial charge in [0.25, 0.3) is 0 Å². The molecule has 1 aliphatic rings. The second-order valence-electron chi connectivity index (χ2n) is 16.4. The van der Waals surface area contributed by atoms with E-state index in [0.717, 1.165) is 39.0 Å². The predicted molar refractivity (Wildman–Crippen MR) is 251 cm³/mol. The SMILES string of the molecule is CC1(C)c2ccccc2-c2ccc(N(c3ccc4c5ccccc5c5ccccc5c5ccccc5c5ccccc5c4c3)c3cccc4oc5ccccc5c34)cc21. The molecule has 278 valence electrons. The molecule has 0 saturated heterocycles. The maximum atomic E-state index is 6.53. The van der Waals surface area contributed by atoms with Crippen molar-refractivity contribution in [2.24, 2.45) is 0 Å². The van der Waals surface area contributed by atoms with Crippen LogP contribution in [0.5, 0.6) is 0 Å². The Morgan fingerprint density at radius 3 is 1.39 bits per heavy atom. The van der Waals surface area contributed by atoms with Gasteiger partial charge in [-0.25, -0.2) is 0 Å². The molecular weight excluding hydrogens is 715 g/mol. The largest absolute Gasteiger partial charge is 0.456 e. The van der Waals surface area contributed by atoms with Crippen LogP contribution in [0.1, 0.15) is 25.0 Å². The summed E-state index contributed by atoms with van der Waals surface area (Å²) in [5, 5.41) is 14.3. The highest BCUT2D eigenvalue weighted by atomic mass is 16.3. The molecule has 1 heterocycles. The van der Waals surface area contributed by atoms with Crippen LogP contribution in [0, 0.1) is 0 Å². The molecule has 0 saturated carbocycles. The lowest BCUT2D eigenvalue weighted by molar-refractivity contribution is 0.660. The number of fused-ring (bicyclic) bond motifs is 16. The van der Waals surface area contributed by atoms with E-state index in [4.69, 9.17) is 4.42 Å². The van der Waals surface area contributed by atoms with Gasteiger partial charge in [-0.05, 0) is 119 Å². The summed E-state index contributed by atoms with van der Waals surface area (Å²) in [5.74, 6) is 0. The standard InChI is InChI=1S/C57H39NO/c1-57(2)51-26-13-11-24-47(51)48-33-31-37(35-52(48)57)58(53-27-15-29-55-56(53)49-25-12-14-28-54(49)59-55)36-30-32-46-44-22-8-7-20-42(44)40-18-4-3-16-38(40)39-17-5-6-19-41(39)43-21-9-10-23-45(43)50(46)34-36/h3-35H,1-2H3. The van der Waals surface area contributed by atoms with Crippen LogP contribution in [-0.4, -0.2) is 0 Å². The van der Waals surface area contributed by atoms with Crippen molar-refractivity contribution in [1.82, 2.24) is 0 Å². The van der Waals surface area contributed by atoms with Crippen LogP contribution in [0.3, 0.4) is 0 Å². The van der Waals surface area contributed by atoms with Crippen LogP contribution in [0.25, 0.3) is 86.9 Å². The van der Waals surface area contributed by atoms with E-state index in [1.165, 1.54) is 76.1 Å². The van der Waals surface area contributed by atoms with Gasteiger partial charge in [0.2, 0.25) is 0 Å². The van der Waals surface area contributed by atoms with Crippen molar-refractivity contribution >= 4 is 92.9 Å². The smallest absolute Gasteiger partial charge is 0.137 e. The zero-order chi connectivity index (χ0) is 39.2. The van der Waals surface area contributed by atoms with Crippen LogP contribution < -0.4 is 4.90 Å². The van der Waals surface area contributed by atoms with Crippen molar-refractivity contribution < 1.29 is 4.42 Å². The second-order valence-corrected chi connectivity index (χ2v) is 16.4. The number of benzene rings is 9. The van der Waals surface area contributed by atoms with E-state index in [0.29, 0.717) is 0 Å². The first-order chi connectivity index (χ1) is 29.0. The molecule has 10 aromatic carbocycles. The van der Waals surface area contributed by atoms with Crippen LogP contribution >= 0.6 is 0 Å². The number of furan rings is 1. The Kier molecular flexibility index (Phi) is 7.31. The predicted octanol–water partition coefficient (Wildman–Crippen LogP) is 16.3. The molecule has 59 heavy (non-hydrogen) atoms. The zero-order valence-electron chi connectivity index (χ0n) is 32.9. The van der Waals surface area contributed by atoms with E-state index < -0.39 is 0 Å². The van der Waals surface area contributed by atoms with Crippen molar-refractivity contribution in [3.8, 4) is 11.1 Å². The zero-order valence-corrected chi connectivity index (χ0v) is 32.9. The lowest BCUT2D eigenvalue weighted by Crippen LogP contribution is -2.16. The summed E-state index contributed by atoms with van der Waals surface area (Å²) in [6.07, 6.45) is 0. The minimum Gasteiger partial charge on any atom is -0.456 e. The molecule has 0 N–H and O–H groups in total. The molecule has 12 rings (SSSR count). The first kappa shape index (κ1) is 33.7. The summed E-state index contributed by atoms with van der Waals surface area (Å²) in [4.78, 5) is 2.46. The normalized spacial score (nSPS) is 13.1. The van der Waals surface area contributed by atoms with Crippen molar-refractivity contribution in [3.05, 3.63) is 211 Å². The number of rotatable bonds is 3. The maximum Gasteiger partial charge on any atom is 0.137 e. The first-order valence-corrected chi connectivity index (χ1v) is 20.5. The molecule has 0 fully saturated rings. The average Bonchev–Trinajstić information content (AvgIpc) is 3.78. The monoisotopic (exact) mass is 753 g/mol. The molecule has 0 amide bonds. The maximum absolute atomic E-state index is 6.53. The molecule has 1 aliphatic carbocycles. The lowest BCUT2D eigenvalue weighted by atomic mass is 9.82. The van der Waals surface area contributed by atoms with E-state index >= 15 is 0 Å². The third-order valence-corrected chi connectivity index (χ3v) is 12.9. The van der Waals surface area contributed by atoms with E-state index in [1.807, 2.05) is 6.07 Å². The molecule has 0 radical (unpaired) electrons. The second kappa shape index (κ2) is 12.8. The van der Waals surface area contributed by atoms with Gasteiger partial charge in [-0.2, -0.15) is 0 Å². The third-order valence-electron chi connectivity index (χ3n) is 12.9. The summed E-state index contributed by atoms with van der Waals surface area (Å²) in [6.45, 7) is 4.72. The van der Waals surface area contributed by atoms with Gasteiger partial charge in [0.1, 0.15) is 11.2 Å². The molecular formula is C57H39NO. The highest BCUT2D eigenvalue weighted by Crippen LogP contribution is 2.52. The van der Waals surface area contributed by atoms with Gasteiger partial charge in [0.05, 0.1) is 11.1 Å². The number of para-hydroxylation sites is 1. The molecule has 2 heteroatoms. The van der Waals surface area contributed by atoms with E-state index in [1.54, 1.807) is 0 Å². The topological polar surface area (TPSA) is 16.4 Å². The highest BCUT2D eigenvalue weighted by Gasteiger charge is 2.36. The van der Waals surface area contributed by atoms with Crippen molar-refractivity contribution in [2.75, 3.05) is 4.90 Å². The summed E-state index contributed by atoms with van der Waals surface area (Å²) < 4.78 is 6.53. The Hall–Kier alpha value is -7.42. The fourth-order valence-corrected chi connectivity index (χ4v) is 10.1. The van der Waals surface area contributed by atoms with Gasteiger partial charge in [-0.3, -0.25) is 0 Å². The first-order valence-electron chi connectivity index (χ1n) is 20.5. The van der Waals surface area contributed by atoms with Gasteiger partial charge in [-0.15, -0.1) is 0 Å². The summed E-state index contributed by atoms with van der Waals surface area (Å²) in [5.41, 5.74) is 10.2. The van der Waals surface area contributed by atoms with Crippen molar-refractivity contribution in [1.29, 1.82) is 0 Å². The summed E-state index contributed by atoms with van der Waals surface area (Å²) in [7, 11) is 0. The lowest BCUT2D eigenvalue weighted by Gasteiger charge is -2.29. The fraction of sp³-hybridized carbons (Fsp3) is 0.0526. The van der Waals surface area contributed by atoms with E-state index in [2.05, 4.69) is 213 Å². The van der Waals surface area contributed by atoms with Gasteiger partial charge >= 0.3 is 0 Å². The van der Waals surface area contributed by atoms with E-state index in [-0.39, 0.29) is 5.41 Å². The average molecular weight is 754 g/mol. The molecule has 0 spiro atoms. The Balaban J connectivity index is 1.24. The number of anilines is 3. The minimum atomic E-state index is -0.156. The molecule has 2 nitrogen and oxygen atoms in total. The van der Waals surface area contributed by atoms with Crippen LogP contribution in [0.2, 0.25) is 0 Å². The fourth-order valence-electron chi connectivity index (χ4n) is 10.1. The molecule has 1 aromatic heterocycles. The molecule has 0 unspecified atom stereocenters. The van der Waals surface area contributed by atoms with Gasteiger partial charge in [-0.1, -0.05) is 172 Å². The number of hydrogen-bond acceptors (Lipinski definition) is 2. The summed E-state index contributed by atoms with van der Waals surface area (Å²) >= 11 is 0. The minimum absolute atomic E-state index is 0.156. The highest BCUT2D eigenvalue weighted by molar-refractivity contribution is 6.26. The molecule has 0 bridgehead atoms. The quantitative estimate of drug-likeness (QED) is 0.179. The summed E-state index contributed by atoms with van der Waals surface area (Å²) in [6, 6.07) is 73.5. The Labute approximate surface area is 342 Å². The van der Waals surface area contributed by atoms with Gasteiger partial charge < -0.3 is 9.32 Å². The van der Waals surface area contributed by atoms with Crippen LogP contribution in [0.4, 0.5) is 17.1 Å². The number of hydrogen-bond donors (Lipinski definition) is 0.